The molecule has 1 amide bonds. The van der Waals surface area contributed by atoms with E-state index in [9.17, 15) is 4.79 Å². The summed E-state index contributed by atoms with van der Waals surface area (Å²) in [5.41, 5.74) is 0.371. The first-order chi connectivity index (χ1) is 13.6. The fraction of sp³-hybridized carbons (Fsp3) is 0.333. The summed E-state index contributed by atoms with van der Waals surface area (Å²) in [6.07, 6.45) is 3.36. The zero-order valence-corrected chi connectivity index (χ0v) is 15.8. The summed E-state index contributed by atoms with van der Waals surface area (Å²) in [5, 5.41) is 10.9. The van der Waals surface area contributed by atoms with Crippen LogP contribution < -0.4 is 10.2 Å². The van der Waals surface area contributed by atoms with Gasteiger partial charge in [0, 0.05) is 45.5 Å². The molecule has 1 saturated heterocycles. The van der Waals surface area contributed by atoms with Crippen LogP contribution in [-0.4, -0.2) is 66.9 Å². The van der Waals surface area contributed by atoms with Crippen LogP contribution in [0.2, 0.25) is 0 Å². The fourth-order valence-corrected chi connectivity index (χ4v) is 3.09. The summed E-state index contributed by atoms with van der Waals surface area (Å²) in [7, 11) is 1.75. The number of aryl methyl sites for hydroxylation is 2. The molecule has 1 aliphatic rings. The fourth-order valence-electron chi connectivity index (χ4n) is 3.09. The van der Waals surface area contributed by atoms with Gasteiger partial charge >= 0.3 is 0 Å². The summed E-state index contributed by atoms with van der Waals surface area (Å²) in [6.45, 7) is 4.43. The Labute approximate surface area is 162 Å². The second-order valence-corrected chi connectivity index (χ2v) is 6.56. The molecule has 3 aromatic heterocycles. The highest BCUT2D eigenvalue weighted by molar-refractivity contribution is 5.92. The number of pyridine rings is 1. The highest BCUT2D eigenvalue weighted by Gasteiger charge is 2.25. The number of amides is 1. The molecule has 0 saturated carbocycles. The minimum absolute atomic E-state index is 0.0934. The maximum Gasteiger partial charge on any atom is 0.276 e. The first-order valence-electron chi connectivity index (χ1n) is 9.03. The number of carbonyl (C=O) groups is 1. The molecule has 4 heterocycles. The third-order valence-corrected chi connectivity index (χ3v) is 4.46. The maximum atomic E-state index is 12.5. The predicted molar refractivity (Wildman–Crippen MR) is 103 cm³/mol. The number of nitrogens with one attached hydrogen (secondary N) is 1. The van der Waals surface area contributed by atoms with Crippen molar-refractivity contribution in [1.82, 2.24) is 34.8 Å². The van der Waals surface area contributed by atoms with E-state index in [2.05, 4.69) is 35.5 Å². The lowest BCUT2D eigenvalue weighted by Gasteiger charge is -2.35. The highest BCUT2D eigenvalue weighted by atomic mass is 16.2. The molecule has 0 aromatic carbocycles. The number of hydrogen-bond donors (Lipinski definition) is 1. The molecule has 0 unspecified atom stereocenters. The number of carbonyl (C=O) groups excluding carboxylic acids is 1. The van der Waals surface area contributed by atoms with Crippen LogP contribution in [0.4, 0.5) is 17.5 Å². The van der Waals surface area contributed by atoms with E-state index in [1.807, 2.05) is 31.2 Å². The van der Waals surface area contributed by atoms with Gasteiger partial charge in [-0.25, -0.2) is 15.0 Å². The van der Waals surface area contributed by atoms with Gasteiger partial charge in [0.15, 0.2) is 5.69 Å². The van der Waals surface area contributed by atoms with Crippen LogP contribution in [-0.2, 0) is 7.05 Å². The summed E-state index contributed by atoms with van der Waals surface area (Å²) in [6, 6.07) is 7.57. The number of hydrogen-bond acceptors (Lipinski definition) is 8. The Morgan fingerprint density at radius 1 is 1.11 bits per heavy atom. The smallest absolute Gasteiger partial charge is 0.276 e. The largest absolute Gasteiger partial charge is 0.353 e. The van der Waals surface area contributed by atoms with E-state index in [1.165, 1.54) is 4.68 Å². The van der Waals surface area contributed by atoms with E-state index >= 15 is 0 Å². The molecule has 4 rings (SSSR count). The SMILES string of the molecule is Cc1nc(Nc2ccccn2)cc(N2CCN(C(=O)c3cn(C)nn3)CC2)n1. The second kappa shape index (κ2) is 7.59. The predicted octanol–water partition coefficient (Wildman–Crippen LogP) is 1.01. The van der Waals surface area contributed by atoms with Gasteiger partial charge in [-0.1, -0.05) is 11.3 Å². The average molecular weight is 379 g/mol. The van der Waals surface area contributed by atoms with Crippen LogP contribution in [0.25, 0.3) is 0 Å². The lowest BCUT2D eigenvalue weighted by atomic mass is 10.2. The lowest BCUT2D eigenvalue weighted by molar-refractivity contribution is 0.0740. The summed E-state index contributed by atoms with van der Waals surface area (Å²) < 4.78 is 1.53. The van der Waals surface area contributed by atoms with Gasteiger partial charge in [0.1, 0.15) is 23.3 Å². The summed E-state index contributed by atoms with van der Waals surface area (Å²) in [5.74, 6) is 2.83. The number of rotatable bonds is 4. The van der Waals surface area contributed by atoms with Crippen molar-refractivity contribution in [3.8, 4) is 0 Å². The molecule has 10 nitrogen and oxygen atoms in total. The normalized spacial score (nSPS) is 14.2. The Bertz CT molecular complexity index is 964. The van der Waals surface area contributed by atoms with Crippen molar-refractivity contribution in [3.05, 3.63) is 48.2 Å². The quantitative estimate of drug-likeness (QED) is 0.716. The number of anilines is 3. The summed E-state index contributed by atoms with van der Waals surface area (Å²) >= 11 is 0. The molecule has 10 heteroatoms. The van der Waals surface area contributed by atoms with Crippen LogP contribution in [0.5, 0.6) is 0 Å². The molecule has 28 heavy (non-hydrogen) atoms. The van der Waals surface area contributed by atoms with E-state index in [-0.39, 0.29) is 5.91 Å². The molecule has 1 N–H and O–H groups in total. The van der Waals surface area contributed by atoms with Crippen LogP contribution in [0, 0.1) is 6.92 Å². The van der Waals surface area contributed by atoms with Crippen LogP contribution in [0.15, 0.2) is 36.7 Å². The van der Waals surface area contributed by atoms with Crippen molar-refractivity contribution in [1.29, 1.82) is 0 Å². The van der Waals surface area contributed by atoms with Gasteiger partial charge in [0.05, 0.1) is 6.20 Å². The van der Waals surface area contributed by atoms with Gasteiger partial charge in [-0.2, -0.15) is 0 Å². The molecule has 144 valence electrons. The third kappa shape index (κ3) is 3.90. The molecular formula is C18H21N9O. The molecule has 0 bridgehead atoms. The standard InChI is InChI=1S/C18H21N9O/c1-13-20-16(22-15-5-3-4-6-19-15)11-17(21-13)26-7-9-27(10-8-26)18(28)14-12-25(2)24-23-14/h3-6,11-12H,7-10H2,1-2H3,(H,19,20,21,22). The lowest BCUT2D eigenvalue weighted by Crippen LogP contribution is -2.49. The van der Waals surface area contributed by atoms with E-state index in [0.29, 0.717) is 43.5 Å². The Hall–Kier alpha value is -3.56. The zero-order chi connectivity index (χ0) is 19.5. The molecule has 1 fully saturated rings. The zero-order valence-electron chi connectivity index (χ0n) is 15.8. The van der Waals surface area contributed by atoms with Gasteiger partial charge in [0.2, 0.25) is 0 Å². The number of nitrogens with zero attached hydrogens (tertiary/aromatic N) is 8. The van der Waals surface area contributed by atoms with Crippen LogP contribution >= 0.6 is 0 Å². The van der Waals surface area contributed by atoms with Gasteiger partial charge in [-0.3, -0.25) is 9.48 Å². The Morgan fingerprint density at radius 3 is 2.61 bits per heavy atom. The van der Waals surface area contributed by atoms with Crippen molar-refractivity contribution in [2.24, 2.45) is 7.05 Å². The van der Waals surface area contributed by atoms with Crippen LogP contribution in [0.1, 0.15) is 16.3 Å². The topological polar surface area (TPSA) is 105 Å². The summed E-state index contributed by atoms with van der Waals surface area (Å²) in [4.78, 5) is 29.7. The average Bonchev–Trinajstić information content (AvgIpc) is 3.14. The molecule has 0 radical (unpaired) electrons. The molecule has 0 aliphatic carbocycles. The number of aromatic nitrogens is 6. The van der Waals surface area contributed by atoms with Crippen molar-refractivity contribution in [2.45, 2.75) is 6.92 Å². The molecule has 1 aliphatic heterocycles. The van der Waals surface area contributed by atoms with Gasteiger partial charge in [-0.15, -0.1) is 5.10 Å². The minimum Gasteiger partial charge on any atom is -0.353 e. The molecule has 3 aromatic rings. The maximum absolute atomic E-state index is 12.5. The minimum atomic E-state index is -0.0934. The Morgan fingerprint density at radius 2 is 1.93 bits per heavy atom. The van der Waals surface area contributed by atoms with Crippen molar-refractivity contribution in [3.63, 3.8) is 0 Å². The van der Waals surface area contributed by atoms with Gasteiger partial charge in [-0.05, 0) is 19.1 Å². The molecule has 0 atom stereocenters. The van der Waals surface area contributed by atoms with Crippen molar-refractivity contribution < 1.29 is 4.79 Å². The first-order valence-corrected chi connectivity index (χ1v) is 9.03. The third-order valence-electron chi connectivity index (χ3n) is 4.46. The van der Waals surface area contributed by atoms with Gasteiger partial charge in [0.25, 0.3) is 5.91 Å². The van der Waals surface area contributed by atoms with E-state index in [1.54, 1.807) is 24.3 Å². The van der Waals surface area contributed by atoms with Crippen LogP contribution in [0.3, 0.4) is 0 Å². The Kier molecular flexibility index (Phi) is 4.83. The highest BCUT2D eigenvalue weighted by Crippen LogP contribution is 2.20. The van der Waals surface area contributed by atoms with Gasteiger partial charge < -0.3 is 15.1 Å². The molecule has 0 spiro atoms. The first kappa shape index (κ1) is 17.8. The van der Waals surface area contributed by atoms with E-state index in [0.717, 1.165) is 11.6 Å². The van der Waals surface area contributed by atoms with Crippen molar-refractivity contribution in [2.75, 3.05) is 36.4 Å². The van der Waals surface area contributed by atoms with Crippen molar-refractivity contribution >= 4 is 23.4 Å². The second-order valence-electron chi connectivity index (χ2n) is 6.56. The monoisotopic (exact) mass is 379 g/mol. The van der Waals surface area contributed by atoms with E-state index in [4.69, 9.17) is 0 Å². The number of piperazine rings is 1. The Balaban J connectivity index is 1.43. The van der Waals surface area contributed by atoms with E-state index < -0.39 is 0 Å². The molecular weight excluding hydrogens is 358 g/mol.